The first-order valence-electron chi connectivity index (χ1n) is 13.2. The zero-order valence-electron chi connectivity index (χ0n) is 21.1. The van der Waals surface area contributed by atoms with Crippen molar-refractivity contribution in [2.45, 2.75) is 81.9 Å². The summed E-state index contributed by atoms with van der Waals surface area (Å²) in [5, 5.41) is 19.0. The van der Waals surface area contributed by atoms with Crippen molar-refractivity contribution in [3.8, 4) is 0 Å². The van der Waals surface area contributed by atoms with E-state index >= 15 is 0 Å². The smallest absolute Gasteiger partial charge is 0.317 e. The van der Waals surface area contributed by atoms with Crippen molar-refractivity contribution < 1.29 is 14.7 Å². The van der Waals surface area contributed by atoms with Crippen molar-refractivity contribution in [3.05, 3.63) is 34.9 Å². The highest BCUT2D eigenvalue weighted by atomic mass is 35.5. The summed E-state index contributed by atoms with van der Waals surface area (Å²) in [6, 6.07) is 6.74. The highest BCUT2D eigenvalue weighted by Crippen LogP contribution is 2.40. The highest BCUT2D eigenvalue weighted by Gasteiger charge is 2.42. The first kappa shape index (κ1) is 27.9. The third-order valence-electron chi connectivity index (χ3n) is 7.80. The quantitative estimate of drug-likeness (QED) is 0.341. The van der Waals surface area contributed by atoms with Gasteiger partial charge in [-0.3, -0.25) is 0 Å². The normalized spacial score (nSPS) is 22.7. The lowest BCUT2D eigenvalue weighted by Crippen LogP contribution is -2.54. The Morgan fingerprint density at radius 2 is 2.06 bits per heavy atom. The van der Waals surface area contributed by atoms with Crippen LogP contribution in [0.5, 0.6) is 0 Å². The Labute approximate surface area is 215 Å². The van der Waals surface area contributed by atoms with Crippen molar-refractivity contribution in [1.29, 1.82) is 0 Å². The fourth-order valence-electron chi connectivity index (χ4n) is 5.97. The van der Waals surface area contributed by atoms with Crippen LogP contribution in [0.2, 0.25) is 5.02 Å². The molecular weight excluding hydrogens is 464 g/mol. The Bertz CT molecular complexity index is 819. The number of urea groups is 1. The molecule has 2 fully saturated rings. The van der Waals surface area contributed by atoms with Gasteiger partial charge in [0.1, 0.15) is 6.29 Å². The van der Waals surface area contributed by atoms with E-state index in [9.17, 15) is 14.7 Å². The van der Waals surface area contributed by atoms with E-state index in [1.807, 2.05) is 24.1 Å². The summed E-state index contributed by atoms with van der Waals surface area (Å²) in [7, 11) is 1.92. The van der Waals surface area contributed by atoms with Gasteiger partial charge < -0.3 is 31.2 Å². The van der Waals surface area contributed by atoms with Crippen molar-refractivity contribution in [2.75, 3.05) is 26.7 Å². The van der Waals surface area contributed by atoms with E-state index in [1.165, 1.54) is 32.1 Å². The lowest BCUT2D eigenvalue weighted by Gasteiger charge is -2.44. The van der Waals surface area contributed by atoms with Crippen LogP contribution < -0.4 is 16.4 Å². The Hall–Kier alpha value is -1.67. The number of piperidine rings is 1. The van der Waals surface area contributed by atoms with Gasteiger partial charge in [0.2, 0.25) is 0 Å². The standard InChI is InChI=1S/C27H43ClN4O3/c1-30-18-25(15-20-7-3-2-4-8-20)31-26(34)32-13-6-10-22(19-32)27(35,17-24(29)12-14-33)21-9-5-11-23(28)16-21/h5,9,11,14,16,20,22,24-25,30,35H,2-4,6-8,10,12-13,15,17-19,29H2,1H3,(H,31,34)/t22-,24?,25+,27?/m1/s1. The molecule has 196 valence electrons. The van der Waals surface area contributed by atoms with E-state index in [0.717, 1.165) is 32.1 Å². The maximum absolute atomic E-state index is 13.3. The predicted octanol–water partition coefficient (Wildman–Crippen LogP) is 3.81. The van der Waals surface area contributed by atoms with Crippen LogP contribution in [-0.4, -0.2) is 61.1 Å². The number of halogens is 1. The molecule has 1 saturated carbocycles. The van der Waals surface area contributed by atoms with Crippen LogP contribution in [0.1, 0.15) is 69.8 Å². The van der Waals surface area contributed by atoms with Crippen LogP contribution in [0.25, 0.3) is 0 Å². The molecule has 0 bridgehead atoms. The van der Waals surface area contributed by atoms with Gasteiger partial charge in [0.05, 0.1) is 5.60 Å². The van der Waals surface area contributed by atoms with E-state index in [0.29, 0.717) is 29.6 Å². The second-order valence-corrected chi connectivity index (χ2v) is 11.0. The summed E-state index contributed by atoms with van der Waals surface area (Å²) in [5.74, 6) is 0.461. The number of nitrogens with zero attached hydrogens (tertiary/aromatic N) is 1. The summed E-state index contributed by atoms with van der Waals surface area (Å²) >= 11 is 6.25. The number of aldehydes is 1. The lowest BCUT2D eigenvalue weighted by molar-refractivity contribution is -0.108. The maximum Gasteiger partial charge on any atom is 0.317 e. The number of benzene rings is 1. The number of aliphatic hydroxyl groups is 1. The molecule has 0 spiro atoms. The van der Waals surface area contributed by atoms with Crippen molar-refractivity contribution in [1.82, 2.24) is 15.5 Å². The van der Waals surface area contributed by atoms with Crippen LogP contribution in [0.3, 0.4) is 0 Å². The fraction of sp³-hybridized carbons (Fsp3) is 0.704. The SMILES string of the molecule is CNC[C@H](CC1CCCCC1)NC(=O)N1CCC[C@@H](C(O)(CC(N)CC=O)c2cccc(Cl)c2)C1. The Balaban J connectivity index is 1.72. The number of hydrogen-bond acceptors (Lipinski definition) is 5. The minimum atomic E-state index is -1.28. The summed E-state index contributed by atoms with van der Waals surface area (Å²) in [5.41, 5.74) is 5.62. The lowest BCUT2D eigenvalue weighted by atomic mass is 9.73. The molecule has 35 heavy (non-hydrogen) atoms. The molecule has 1 aliphatic carbocycles. The number of carbonyl (C=O) groups is 2. The van der Waals surface area contributed by atoms with Gasteiger partial charge in [0.25, 0.3) is 0 Å². The van der Waals surface area contributed by atoms with Gasteiger partial charge in [-0.05, 0) is 56.3 Å². The molecule has 0 aromatic heterocycles. The van der Waals surface area contributed by atoms with Crippen LogP contribution in [0.15, 0.2) is 24.3 Å². The van der Waals surface area contributed by atoms with E-state index in [2.05, 4.69) is 10.6 Å². The topological polar surface area (TPSA) is 108 Å². The van der Waals surface area contributed by atoms with Crippen LogP contribution in [0, 0.1) is 11.8 Å². The third-order valence-corrected chi connectivity index (χ3v) is 8.04. The summed E-state index contributed by atoms with van der Waals surface area (Å²) in [6.45, 7) is 1.83. The molecule has 5 N–H and O–H groups in total. The predicted molar refractivity (Wildman–Crippen MR) is 140 cm³/mol. The first-order chi connectivity index (χ1) is 16.9. The number of nitrogens with one attached hydrogen (secondary N) is 2. The van der Waals surface area contributed by atoms with Gasteiger partial charge in [-0.25, -0.2) is 4.79 Å². The van der Waals surface area contributed by atoms with Gasteiger partial charge in [-0.15, -0.1) is 0 Å². The van der Waals surface area contributed by atoms with E-state index < -0.39 is 11.6 Å². The van der Waals surface area contributed by atoms with Gasteiger partial charge in [0.15, 0.2) is 0 Å². The van der Waals surface area contributed by atoms with E-state index in [1.54, 1.807) is 12.1 Å². The molecule has 1 heterocycles. The zero-order chi connectivity index (χ0) is 25.3. The Kier molecular flexibility index (Phi) is 10.8. The van der Waals surface area contributed by atoms with Gasteiger partial charge in [-0.1, -0.05) is 55.8 Å². The molecule has 2 aliphatic rings. The van der Waals surface area contributed by atoms with E-state index in [4.69, 9.17) is 17.3 Å². The van der Waals surface area contributed by atoms with Crippen molar-refractivity contribution in [2.24, 2.45) is 17.6 Å². The molecular formula is C27H43ClN4O3. The van der Waals surface area contributed by atoms with Crippen molar-refractivity contribution >= 4 is 23.9 Å². The fourth-order valence-corrected chi connectivity index (χ4v) is 6.16. The average molecular weight is 507 g/mol. The Morgan fingerprint density at radius 1 is 1.29 bits per heavy atom. The molecule has 0 radical (unpaired) electrons. The number of rotatable bonds is 11. The highest BCUT2D eigenvalue weighted by molar-refractivity contribution is 6.30. The zero-order valence-corrected chi connectivity index (χ0v) is 21.8. The minimum Gasteiger partial charge on any atom is -0.385 e. The van der Waals surface area contributed by atoms with Crippen molar-refractivity contribution in [3.63, 3.8) is 0 Å². The molecule has 3 rings (SSSR count). The number of nitrogens with two attached hydrogens (primary N) is 1. The number of hydrogen-bond donors (Lipinski definition) is 4. The molecule has 2 unspecified atom stereocenters. The molecule has 8 heteroatoms. The molecule has 2 amide bonds. The first-order valence-corrected chi connectivity index (χ1v) is 13.6. The molecule has 1 saturated heterocycles. The Morgan fingerprint density at radius 3 is 2.74 bits per heavy atom. The van der Waals surface area contributed by atoms with Gasteiger partial charge in [-0.2, -0.15) is 0 Å². The second-order valence-electron chi connectivity index (χ2n) is 10.5. The largest absolute Gasteiger partial charge is 0.385 e. The van der Waals surface area contributed by atoms with Crippen LogP contribution in [0.4, 0.5) is 4.79 Å². The average Bonchev–Trinajstić information content (AvgIpc) is 2.85. The maximum atomic E-state index is 13.3. The number of amides is 2. The molecule has 1 aromatic carbocycles. The number of likely N-dealkylation sites (tertiary alicyclic amines) is 1. The molecule has 1 aliphatic heterocycles. The van der Waals surface area contributed by atoms with Crippen LogP contribution >= 0.6 is 11.6 Å². The number of carbonyl (C=O) groups excluding carboxylic acids is 2. The number of likely N-dealkylation sites (N-methyl/N-ethyl adjacent to an activating group) is 1. The van der Waals surface area contributed by atoms with E-state index in [-0.39, 0.29) is 30.8 Å². The summed E-state index contributed by atoms with van der Waals surface area (Å²) < 4.78 is 0. The summed E-state index contributed by atoms with van der Waals surface area (Å²) in [4.78, 5) is 26.2. The molecule has 1 aromatic rings. The second kappa shape index (κ2) is 13.6. The minimum absolute atomic E-state index is 0.0728. The van der Waals surface area contributed by atoms with Crippen LogP contribution in [-0.2, 0) is 10.4 Å². The summed E-state index contributed by atoms with van der Waals surface area (Å²) in [6.07, 6.45) is 10.1. The monoisotopic (exact) mass is 506 g/mol. The molecule has 4 atom stereocenters. The van der Waals surface area contributed by atoms with Gasteiger partial charge in [0, 0.05) is 49.1 Å². The van der Waals surface area contributed by atoms with Gasteiger partial charge >= 0.3 is 6.03 Å². The third kappa shape index (κ3) is 7.91. The molecule has 7 nitrogen and oxygen atoms in total.